The molecule has 20 heavy (non-hydrogen) atoms. The first-order chi connectivity index (χ1) is 9.67. The van der Waals surface area contributed by atoms with E-state index in [1.165, 1.54) is 0 Å². The molecule has 0 aliphatic heterocycles. The van der Waals surface area contributed by atoms with Crippen molar-refractivity contribution in [2.24, 2.45) is 0 Å². The Hall–Kier alpha value is -1.84. The fourth-order valence-electron chi connectivity index (χ4n) is 1.94. The van der Waals surface area contributed by atoms with Crippen molar-refractivity contribution in [3.05, 3.63) is 35.9 Å². The van der Waals surface area contributed by atoms with Crippen molar-refractivity contribution in [1.29, 1.82) is 0 Å². The van der Waals surface area contributed by atoms with Crippen LogP contribution < -0.4 is 5.32 Å². The highest BCUT2D eigenvalue weighted by Gasteiger charge is 2.12. The molecule has 110 valence electrons. The van der Waals surface area contributed by atoms with Crippen LogP contribution >= 0.6 is 0 Å². The average molecular weight is 276 g/mol. The van der Waals surface area contributed by atoms with Gasteiger partial charge in [-0.05, 0) is 18.9 Å². The summed E-state index contributed by atoms with van der Waals surface area (Å²) in [6.07, 6.45) is 2.37. The number of carbonyl (C=O) groups excluding carboxylic acids is 2. The number of likely N-dealkylation sites (N-methyl/N-ethyl adjacent to an activating group) is 1. The maximum atomic E-state index is 11.9. The highest BCUT2D eigenvalue weighted by molar-refractivity contribution is 5.85. The predicted molar refractivity (Wildman–Crippen MR) is 80.3 cm³/mol. The van der Waals surface area contributed by atoms with Gasteiger partial charge < -0.3 is 10.2 Å². The van der Waals surface area contributed by atoms with Crippen LogP contribution in [0.1, 0.15) is 32.3 Å². The molecule has 0 radical (unpaired) electrons. The monoisotopic (exact) mass is 276 g/mol. The molecule has 0 fully saturated rings. The largest absolute Gasteiger partial charge is 0.347 e. The minimum Gasteiger partial charge on any atom is -0.347 e. The zero-order valence-electron chi connectivity index (χ0n) is 12.4. The normalized spacial score (nSPS) is 10.1. The lowest BCUT2D eigenvalue weighted by Gasteiger charge is -2.20. The number of carbonyl (C=O) groups is 2. The molecular weight excluding hydrogens is 252 g/mol. The third-order valence-electron chi connectivity index (χ3n) is 3.16. The molecule has 2 amide bonds. The van der Waals surface area contributed by atoms with Gasteiger partial charge in [-0.15, -0.1) is 0 Å². The smallest absolute Gasteiger partial charge is 0.241 e. The van der Waals surface area contributed by atoms with Gasteiger partial charge in [-0.25, -0.2) is 0 Å². The highest BCUT2D eigenvalue weighted by atomic mass is 16.2. The average Bonchev–Trinajstić information content (AvgIpc) is 2.47. The van der Waals surface area contributed by atoms with Gasteiger partial charge in [-0.3, -0.25) is 9.59 Å². The third-order valence-corrected chi connectivity index (χ3v) is 3.16. The lowest BCUT2D eigenvalue weighted by molar-refractivity contribution is -0.132. The number of unbranched alkanes of at least 4 members (excludes halogenated alkanes) is 1. The third kappa shape index (κ3) is 5.87. The Balaban J connectivity index is 2.34. The summed E-state index contributed by atoms with van der Waals surface area (Å²) in [5.74, 6) is -0.126. The first kappa shape index (κ1) is 16.2. The van der Waals surface area contributed by atoms with Crippen molar-refractivity contribution in [3.8, 4) is 0 Å². The van der Waals surface area contributed by atoms with Crippen LogP contribution in [0.15, 0.2) is 30.3 Å². The molecular formula is C16H24N2O2. The van der Waals surface area contributed by atoms with E-state index < -0.39 is 0 Å². The van der Waals surface area contributed by atoms with Crippen LogP contribution in [0.25, 0.3) is 0 Å². The van der Waals surface area contributed by atoms with Gasteiger partial charge in [0.15, 0.2) is 0 Å². The zero-order valence-corrected chi connectivity index (χ0v) is 12.4. The summed E-state index contributed by atoms with van der Waals surface area (Å²) in [6.45, 7) is 5.59. The maximum absolute atomic E-state index is 11.9. The van der Waals surface area contributed by atoms with Gasteiger partial charge in [0.25, 0.3) is 0 Å². The van der Waals surface area contributed by atoms with Gasteiger partial charge in [0, 0.05) is 13.1 Å². The number of hydrogen-bond acceptors (Lipinski definition) is 2. The van der Waals surface area contributed by atoms with Crippen LogP contribution in [0.5, 0.6) is 0 Å². The first-order valence-corrected chi connectivity index (χ1v) is 7.25. The molecule has 1 N–H and O–H groups in total. The molecule has 0 atom stereocenters. The van der Waals surface area contributed by atoms with Crippen molar-refractivity contribution in [2.45, 2.75) is 33.1 Å². The van der Waals surface area contributed by atoms with Gasteiger partial charge in [-0.1, -0.05) is 43.7 Å². The standard InChI is InChI=1S/C16H24N2O2/c1-3-5-11-18(4-2)16(20)13-17-15(19)12-14-9-7-6-8-10-14/h6-10H,3-5,11-13H2,1-2H3,(H,17,19). The van der Waals surface area contributed by atoms with E-state index in [-0.39, 0.29) is 18.4 Å². The van der Waals surface area contributed by atoms with Crippen molar-refractivity contribution >= 4 is 11.8 Å². The first-order valence-electron chi connectivity index (χ1n) is 7.25. The van der Waals surface area contributed by atoms with Crippen molar-refractivity contribution in [1.82, 2.24) is 10.2 Å². The van der Waals surface area contributed by atoms with E-state index in [0.29, 0.717) is 13.0 Å². The number of rotatable bonds is 8. The van der Waals surface area contributed by atoms with E-state index in [1.54, 1.807) is 4.90 Å². The van der Waals surface area contributed by atoms with Crippen LogP contribution in [0.2, 0.25) is 0 Å². The molecule has 0 aliphatic rings. The van der Waals surface area contributed by atoms with Crippen molar-refractivity contribution in [3.63, 3.8) is 0 Å². The Morgan fingerprint density at radius 1 is 1.15 bits per heavy atom. The van der Waals surface area contributed by atoms with Gasteiger partial charge in [-0.2, -0.15) is 0 Å². The summed E-state index contributed by atoms with van der Waals surface area (Å²) in [6, 6.07) is 9.52. The van der Waals surface area contributed by atoms with Crippen molar-refractivity contribution in [2.75, 3.05) is 19.6 Å². The van der Waals surface area contributed by atoms with E-state index in [1.807, 2.05) is 37.3 Å². The molecule has 0 bridgehead atoms. The Labute approximate surface area is 121 Å². The van der Waals surface area contributed by atoms with E-state index in [4.69, 9.17) is 0 Å². The molecule has 0 spiro atoms. The second kappa shape index (κ2) is 9.13. The van der Waals surface area contributed by atoms with E-state index in [0.717, 1.165) is 24.9 Å². The Kier molecular flexibility index (Phi) is 7.40. The summed E-state index contributed by atoms with van der Waals surface area (Å²) in [5.41, 5.74) is 0.954. The van der Waals surface area contributed by atoms with Crippen LogP contribution in [0.4, 0.5) is 0 Å². The molecule has 0 aromatic heterocycles. The minimum atomic E-state index is -0.115. The number of amides is 2. The summed E-state index contributed by atoms with van der Waals surface area (Å²) < 4.78 is 0. The Morgan fingerprint density at radius 3 is 2.45 bits per heavy atom. The van der Waals surface area contributed by atoms with Gasteiger partial charge in [0.05, 0.1) is 13.0 Å². The van der Waals surface area contributed by atoms with Gasteiger partial charge in [0.1, 0.15) is 0 Å². The predicted octanol–water partition coefficient (Wildman–Crippen LogP) is 1.99. The maximum Gasteiger partial charge on any atom is 0.241 e. The molecule has 1 rings (SSSR count). The molecule has 0 aliphatic carbocycles. The molecule has 4 nitrogen and oxygen atoms in total. The number of nitrogens with one attached hydrogen (secondary N) is 1. The quantitative estimate of drug-likeness (QED) is 0.789. The summed E-state index contributed by atoms with van der Waals surface area (Å²) in [4.78, 5) is 25.5. The molecule has 0 saturated carbocycles. The Morgan fingerprint density at radius 2 is 1.85 bits per heavy atom. The SMILES string of the molecule is CCCCN(CC)C(=O)CNC(=O)Cc1ccccc1. The van der Waals surface area contributed by atoms with E-state index >= 15 is 0 Å². The van der Waals surface area contributed by atoms with Crippen LogP contribution in [-0.2, 0) is 16.0 Å². The lowest BCUT2D eigenvalue weighted by Crippen LogP contribution is -2.41. The second-order valence-electron chi connectivity index (χ2n) is 4.77. The van der Waals surface area contributed by atoms with Gasteiger partial charge in [0.2, 0.25) is 11.8 Å². The summed E-state index contributed by atoms with van der Waals surface area (Å²) >= 11 is 0. The molecule has 4 heteroatoms. The van der Waals surface area contributed by atoms with Crippen LogP contribution in [0, 0.1) is 0 Å². The van der Waals surface area contributed by atoms with E-state index in [9.17, 15) is 9.59 Å². The Bertz CT molecular complexity index is 418. The molecule has 0 saturated heterocycles. The fraction of sp³-hybridized carbons (Fsp3) is 0.500. The molecule has 0 unspecified atom stereocenters. The lowest BCUT2D eigenvalue weighted by atomic mass is 10.1. The number of benzene rings is 1. The number of nitrogens with zero attached hydrogens (tertiary/aromatic N) is 1. The highest BCUT2D eigenvalue weighted by Crippen LogP contribution is 1.99. The number of hydrogen-bond donors (Lipinski definition) is 1. The van der Waals surface area contributed by atoms with Gasteiger partial charge >= 0.3 is 0 Å². The fourth-order valence-corrected chi connectivity index (χ4v) is 1.94. The van der Waals surface area contributed by atoms with E-state index in [2.05, 4.69) is 12.2 Å². The zero-order chi connectivity index (χ0) is 14.8. The van der Waals surface area contributed by atoms with Crippen molar-refractivity contribution < 1.29 is 9.59 Å². The second-order valence-corrected chi connectivity index (χ2v) is 4.77. The minimum absolute atomic E-state index is 0.0117. The summed E-state index contributed by atoms with van der Waals surface area (Å²) in [7, 11) is 0. The topological polar surface area (TPSA) is 49.4 Å². The molecule has 0 heterocycles. The van der Waals surface area contributed by atoms with Crippen LogP contribution in [-0.4, -0.2) is 36.3 Å². The molecule has 1 aromatic rings. The molecule has 1 aromatic carbocycles. The van der Waals surface area contributed by atoms with Crippen LogP contribution in [0.3, 0.4) is 0 Å². The summed E-state index contributed by atoms with van der Waals surface area (Å²) in [5, 5.41) is 2.69.